The molecule has 3 rings (SSSR count). The van der Waals surface area contributed by atoms with Crippen LogP contribution >= 0.6 is 0 Å². The highest BCUT2D eigenvalue weighted by atomic mass is 19.4. The molecule has 0 atom stereocenters. The van der Waals surface area contributed by atoms with Crippen molar-refractivity contribution in [1.29, 1.82) is 10.8 Å². The number of amides is 2. The standard InChI is InChI=1S/C33H42F3N7O5.C2H6/c1-32(2,3)48-31(45)41(6)28(38)24-11-15-26(16-12-24)47-22-8-18-43-20-19-42(30(43)39-29(44)33(34,35)36)17-7-21-46-25-13-9-23(10-14-25)27(37)40(4)5;1-2/h9-16,19-20,37-38H,7-8,17-18,21-22H2,1-6H3;1-2H3. The SMILES string of the molecule is CC.CN(C)C(=N)c1ccc(OCCCn2ccn(CCCOc3ccc(C(=N)N(C)C(=O)OC(C)(C)C)cc3)c2=NC(=O)C(F)(F)F)cc1. The van der Waals surface area contributed by atoms with Gasteiger partial charge >= 0.3 is 18.2 Å². The Hall–Kier alpha value is -5.08. The smallest absolute Gasteiger partial charge is 0.473 e. The Morgan fingerprint density at radius 1 is 0.760 bits per heavy atom. The van der Waals surface area contributed by atoms with Crippen LogP contribution in [0.25, 0.3) is 0 Å². The summed E-state index contributed by atoms with van der Waals surface area (Å²) in [5, 5.41) is 16.3. The molecule has 0 spiro atoms. The van der Waals surface area contributed by atoms with Crippen molar-refractivity contribution in [2.24, 2.45) is 4.99 Å². The van der Waals surface area contributed by atoms with Gasteiger partial charge < -0.3 is 28.2 Å². The maximum absolute atomic E-state index is 13.1. The van der Waals surface area contributed by atoms with Crippen LogP contribution in [0, 0.1) is 10.8 Å². The molecule has 0 aliphatic heterocycles. The van der Waals surface area contributed by atoms with E-state index in [1.54, 1.807) is 101 Å². The zero-order valence-electron chi connectivity index (χ0n) is 29.9. The number of carbonyl (C=O) groups excluding carboxylic acids is 2. The number of alkyl halides is 3. The largest absolute Gasteiger partial charge is 0.494 e. The van der Waals surface area contributed by atoms with Gasteiger partial charge in [0.1, 0.15) is 28.8 Å². The Labute approximate surface area is 291 Å². The Morgan fingerprint density at radius 2 is 1.18 bits per heavy atom. The van der Waals surface area contributed by atoms with Gasteiger partial charge in [0.05, 0.1) is 13.2 Å². The van der Waals surface area contributed by atoms with Crippen LogP contribution < -0.4 is 15.1 Å². The van der Waals surface area contributed by atoms with Crippen molar-refractivity contribution in [3.05, 3.63) is 77.7 Å². The van der Waals surface area contributed by atoms with Gasteiger partial charge in [-0.1, -0.05) is 13.8 Å². The molecule has 2 N–H and O–H groups in total. The average Bonchev–Trinajstić information content (AvgIpc) is 3.44. The Balaban J connectivity index is 0.00000425. The van der Waals surface area contributed by atoms with Gasteiger partial charge in [0.2, 0.25) is 5.62 Å². The highest BCUT2D eigenvalue weighted by molar-refractivity contribution is 6.04. The molecular formula is C35H48F3N7O5. The third kappa shape index (κ3) is 12.7. The maximum Gasteiger partial charge on any atom is 0.473 e. The molecule has 0 bridgehead atoms. The van der Waals surface area contributed by atoms with Crippen molar-refractivity contribution in [3.63, 3.8) is 0 Å². The fourth-order valence-electron chi connectivity index (χ4n) is 4.23. The zero-order valence-corrected chi connectivity index (χ0v) is 29.9. The summed E-state index contributed by atoms with van der Waals surface area (Å²) in [6, 6.07) is 13.6. The lowest BCUT2D eigenvalue weighted by Gasteiger charge is -2.25. The second-order valence-electron chi connectivity index (χ2n) is 12.0. The van der Waals surface area contributed by atoms with E-state index in [-0.39, 0.29) is 37.8 Å². The van der Waals surface area contributed by atoms with Gasteiger partial charge in [-0.25, -0.2) is 4.79 Å². The molecular weight excluding hydrogens is 655 g/mol. The van der Waals surface area contributed by atoms with Gasteiger partial charge in [-0.15, -0.1) is 0 Å². The molecule has 0 saturated heterocycles. The number of aromatic nitrogens is 2. The fraction of sp³-hybridized carbons (Fsp3) is 0.457. The molecule has 15 heteroatoms. The number of rotatable bonds is 12. The first kappa shape index (κ1) is 41.1. The molecule has 1 aromatic heterocycles. The quantitative estimate of drug-likeness (QED) is 0.129. The molecule has 0 saturated carbocycles. The van der Waals surface area contributed by atoms with Crippen LogP contribution in [0.2, 0.25) is 0 Å². The number of ether oxygens (including phenoxy) is 3. The molecule has 2 aromatic carbocycles. The molecule has 2 amide bonds. The van der Waals surface area contributed by atoms with E-state index in [0.29, 0.717) is 35.7 Å². The second kappa shape index (κ2) is 18.6. The Kier molecular flexibility index (Phi) is 15.3. The predicted octanol–water partition coefficient (Wildman–Crippen LogP) is 6.32. The van der Waals surface area contributed by atoms with Gasteiger partial charge in [0.25, 0.3) is 0 Å². The Bertz CT molecular complexity index is 1640. The topological polar surface area (TPSA) is 138 Å². The molecule has 0 fully saturated rings. The van der Waals surface area contributed by atoms with E-state index < -0.39 is 23.8 Å². The first-order valence-electron chi connectivity index (χ1n) is 16.2. The van der Waals surface area contributed by atoms with Crippen molar-refractivity contribution in [2.45, 2.75) is 72.3 Å². The number of nitrogens with zero attached hydrogens (tertiary/aromatic N) is 5. The van der Waals surface area contributed by atoms with Gasteiger partial charge in [-0.3, -0.25) is 20.5 Å². The molecule has 3 aromatic rings. The number of carbonyl (C=O) groups is 2. The number of hydrogen-bond donors (Lipinski definition) is 2. The zero-order chi connectivity index (χ0) is 37.6. The summed E-state index contributed by atoms with van der Waals surface area (Å²) in [5.41, 5.74) is 0.365. The molecule has 0 aliphatic carbocycles. The lowest BCUT2D eigenvalue weighted by Crippen LogP contribution is -2.38. The van der Waals surface area contributed by atoms with Gasteiger partial charge in [-0.2, -0.15) is 18.2 Å². The van der Waals surface area contributed by atoms with E-state index >= 15 is 0 Å². The molecule has 0 unspecified atom stereocenters. The normalized spacial score (nSPS) is 11.6. The van der Waals surface area contributed by atoms with Crippen LogP contribution in [-0.4, -0.2) is 88.7 Å². The number of benzene rings is 2. The summed E-state index contributed by atoms with van der Waals surface area (Å²) in [4.78, 5) is 30.2. The van der Waals surface area contributed by atoms with Crippen LogP contribution in [0.4, 0.5) is 18.0 Å². The lowest BCUT2D eigenvalue weighted by molar-refractivity contribution is -0.169. The van der Waals surface area contributed by atoms with Gasteiger partial charge in [0.15, 0.2) is 0 Å². The van der Waals surface area contributed by atoms with E-state index in [2.05, 4.69) is 4.99 Å². The fourth-order valence-corrected chi connectivity index (χ4v) is 4.23. The van der Waals surface area contributed by atoms with Crippen LogP contribution in [0.15, 0.2) is 65.9 Å². The Morgan fingerprint density at radius 3 is 1.56 bits per heavy atom. The van der Waals surface area contributed by atoms with Crippen LogP contribution in [0.1, 0.15) is 58.6 Å². The third-order valence-corrected chi connectivity index (χ3v) is 6.71. The first-order valence-corrected chi connectivity index (χ1v) is 16.2. The number of hydrogen-bond acceptors (Lipinski definition) is 7. The number of nitrogens with one attached hydrogen (secondary N) is 2. The van der Waals surface area contributed by atoms with E-state index in [1.165, 1.54) is 16.2 Å². The molecule has 12 nitrogen and oxygen atoms in total. The molecule has 1 heterocycles. The van der Waals surface area contributed by atoms with E-state index in [9.17, 15) is 22.8 Å². The monoisotopic (exact) mass is 703 g/mol. The summed E-state index contributed by atoms with van der Waals surface area (Å²) in [5.74, 6) is -0.807. The van der Waals surface area contributed by atoms with Crippen LogP contribution in [0.3, 0.4) is 0 Å². The minimum atomic E-state index is -5.11. The van der Waals surface area contributed by atoms with E-state index in [4.69, 9.17) is 25.0 Å². The first-order chi connectivity index (χ1) is 23.5. The third-order valence-electron chi connectivity index (χ3n) is 6.71. The number of halogens is 3. The number of imidazole rings is 1. The van der Waals surface area contributed by atoms with Crippen molar-refractivity contribution < 1.29 is 37.0 Å². The molecule has 50 heavy (non-hydrogen) atoms. The molecule has 0 radical (unpaired) electrons. The summed E-state index contributed by atoms with van der Waals surface area (Å²) >= 11 is 0. The summed E-state index contributed by atoms with van der Waals surface area (Å²) in [6.07, 6.45) is -1.83. The second-order valence-corrected chi connectivity index (χ2v) is 12.0. The van der Waals surface area contributed by atoms with Gasteiger partial charge in [0, 0.05) is 57.8 Å². The molecule has 274 valence electrons. The van der Waals surface area contributed by atoms with Crippen molar-refractivity contribution in [3.8, 4) is 11.5 Å². The van der Waals surface area contributed by atoms with Gasteiger partial charge in [-0.05, 0) is 82.1 Å². The summed E-state index contributed by atoms with van der Waals surface area (Å²) in [7, 11) is 5.01. The van der Waals surface area contributed by atoms with Crippen molar-refractivity contribution >= 4 is 23.7 Å². The van der Waals surface area contributed by atoms with Crippen molar-refractivity contribution in [1.82, 2.24) is 18.9 Å². The lowest BCUT2D eigenvalue weighted by atomic mass is 10.2. The van der Waals surface area contributed by atoms with Crippen molar-refractivity contribution in [2.75, 3.05) is 34.4 Å². The maximum atomic E-state index is 13.1. The highest BCUT2D eigenvalue weighted by Gasteiger charge is 2.38. The summed E-state index contributed by atoms with van der Waals surface area (Å²) in [6.45, 7) is 10.2. The minimum Gasteiger partial charge on any atom is -0.494 e. The van der Waals surface area contributed by atoms with E-state index in [0.717, 1.165) is 10.5 Å². The van der Waals surface area contributed by atoms with E-state index in [1.807, 2.05) is 13.8 Å². The van der Waals surface area contributed by atoms with Crippen LogP contribution in [0.5, 0.6) is 11.5 Å². The highest BCUT2D eigenvalue weighted by Crippen LogP contribution is 2.18. The summed E-state index contributed by atoms with van der Waals surface area (Å²) < 4.78 is 59.0. The number of amidine groups is 2. The van der Waals surface area contributed by atoms with Crippen LogP contribution in [-0.2, 0) is 22.6 Å². The number of aryl methyl sites for hydroxylation is 2. The molecule has 0 aliphatic rings. The minimum absolute atomic E-state index is 0.0515. The average molecular weight is 704 g/mol. The predicted molar refractivity (Wildman–Crippen MR) is 185 cm³/mol.